The van der Waals surface area contributed by atoms with Crippen molar-refractivity contribution in [2.75, 3.05) is 11.9 Å². The van der Waals surface area contributed by atoms with Gasteiger partial charge in [-0.25, -0.2) is 14.8 Å². The van der Waals surface area contributed by atoms with Gasteiger partial charge < -0.3 is 29.9 Å². The average molecular weight is 357 g/mol. The molecule has 134 valence electrons. The van der Waals surface area contributed by atoms with E-state index in [-0.39, 0.29) is 11.5 Å². The highest BCUT2D eigenvalue weighted by Gasteiger charge is 2.53. The zero-order chi connectivity index (χ0) is 18.6. The number of anilines is 1. The number of nitrogens with one attached hydrogen (secondary N) is 1. The molecule has 4 rings (SSSR count). The van der Waals surface area contributed by atoms with Crippen molar-refractivity contribution in [3.63, 3.8) is 0 Å². The number of aliphatic hydroxyl groups is 3. The first-order valence-electron chi connectivity index (χ1n) is 7.81. The highest BCUT2D eigenvalue weighted by Crippen LogP contribution is 2.44. The topological polar surface area (TPSA) is 134 Å². The van der Waals surface area contributed by atoms with Crippen LogP contribution in [-0.2, 0) is 4.74 Å². The van der Waals surface area contributed by atoms with Crippen LogP contribution in [0.15, 0.2) is 22.1 Å². The Morgan fingerprint density at radius 1 is 1.54 bits per heavy atom. The minimum absolute atomic E-state index is 0.152. The molecule has 0 saturated carbocycles. The quantitative estimate of drug-likeness (QED) is 0.557. The molecule has 0 spiro atoms. The number of hydrogen-bond donors (Lipinski definition) is 4. The second-order valence-corrected chi connectivity index (χ2v) is 6.38. The van der Waals surface area contributed by atoms with E-state index in [1.165, 1.54) is 23.9 Å². The standard InChI is InChI=1S/C16H15N5O5/c1-16(25)11(23)9(5-22)26-15(16)21-4-7-3-8(17-2)14(24)20-12-10(7)13(21)19-6-18-12/h3-4,6,9,11,15,22-23,25H,5H2,1H3,(H,18,19,20,24)/t9-,11-,15-,16-/m1/s1. The monoisotopic (exact) mass is 357 g/mol. The van der Waals surface area contributed by atoms with Crippen molar-refractivity contribution in [1.29, 1.82) is 0 Å². The van der Waals surface area contributed by atoms with Crippen LogP contribution in [0.5, 0.6) is 0 Å². The molecular formula is C16H15N5O5. The summed E-state index contributed by atoms with van der Waals surface area (Å²) < 4.78 is 7.14. The molecule has 0 radical (unpaired) electrons. The summed E-state index contributed by atoms with van der Waals surface area (Å²) in [7, 11) is 0. The lowest BCUT2D eigenvalue weighted by atomic mass is 9.96. The maximum absolute atomic E-state index is 12.0. The number of aliphatic hydroxyl groups excluding tert-OH is 2. The first kappa shape index (κ1) is 16.6. The molecule has 0 unspecified atom stereocenters. The van der Waals surface area contributed by atoms with Gasteiger partial charge in [0.15, 0.2) is 6.23 Å². The highest BCUT2D eigenvalue weighted by molar-refractivity contribution is 6.07. The van der Waals surface area contributed by atoms with E-state index in [2.05, 4.69) is 20.1 Å². The van der Waals surface area contributed by atoms with E-state index in [1.54, 1.807) is 6.20 Å². The number of nitrogens with zero attached hydrogens (tertiary/aromatic N) is 4. The van der Waals surface area contributed by atoms with Gasteiger partial charge in [-0.05, 0) is 18.4 Å². The van der Waals surface area contributed by atoms with Gasteiger partial charge in [0.1, 0.15) is 29.4 Å². The van der Waals surface area contributed by atoms with Gasteiger partial charge in [-0.1, -0.05) is 0 Å². The SMILES string of the molecule is [C-]#[N+]c1cc2cn([C@@H]3O[C@H](CO)[C@@H](O)[C@@]3(C)O)c3c2c(nc1=O)NC=N3. The molecule has 0 aliphatic carbocycles. The molecule has 1 saturated heterocycles. The predicted molar refractivity (Wildman–Crippen MR) is 91.7 cm³/mol. The number of aromatic nitrogens is 2. The molecule has 0 amide bonds. The summed E-state index contributed by atoms with van der Waals surface area (Å²) in [5.74, 6) is 0.587. The molecule has 0 bridgehead atoms. The van der Waals surface area contributed by atoms with Gasteiger partial charge in [0.05, 0.1) is 24.9 Å². The van der Waals surface area contributed by atoms with Crippen LogP contribution in [0, 0.1) is 6.57 Å². The summed E-state index contributed by atoms with van der Waals surface area (Å²) >= 11 is 0. The van der Waals surface area contributed by atoms with E-state index in [0.29, 0.717) is 16.6 Å². The van der Waals surface area contributed by atoms with E-state index in [0.717, 1.165) is 0 Å². The molecular weight excluding hydrogens is 342 g/mol. The fourth-order valence-electron chi connectivity index (χ4n) is 3.35. The summed E-state index contributed by atoms with van der Waals surface area (Å²) in [6.07, 6.45) is -0.393. The fourth-order valence-corrected chi connectivity index (χ4v) is 3.35. The minimum atomic E-state index is -1.69. The average Bonchev–Trinajstić information content (AvgIpc) is 3.03. The number of aliphatic imine (C=N–C) groups is 1. The van der Waals surface area contributed by atoms with Crippen molar-refractivity contribution in [1.82, 2.24) is 9.55 Å². The lowest BCUT2D eigenvalue weighted by Crippen LogP contribution is -2.44. The van der Waals surface area contributed by atoms with Crippen LogP contribution in [-0.4, -0.2) is 55.6 Å². The molecule has 4 atom stereocenters. The van der Waals surface area contributed by atoms with E-state index >= 15 is 0 Å². The summed E-state index contributed by atoms with van der Waals surface area (Å²) in [6, 6.07) is 1.40. The van der Waals surface area contributed by atoms with E-state index in [1.807, 2.05) is 0 Å². The molecule has 2 aromatic rings. The second-order valence-electron chi connectivity index (χ2n) is 6.38. The molecule has 4 heterocycles. The van der Waals surface area contributed by atoms with Crippen LogP contribution in [0.3, 0.4) is 0 Å². The second kappa shape index (κ2) is 5.58. The summed E-state index contributed by atoms with van der Waals surface area (Å²) in [5.41, 5.74) is -2.51. The lowest BCUT2D eigenvalue weighted by Gasteiger charge is -2.28. The van der Waals surface area contributed by atoms with Crippen molar-refractivity contribution in [2.45, 2.75) is 31.0 Å². The number of hydrogen-bond acceptors (Lipinski definition) is 8. The highest BCUT2D eigenvalue weighted by atomic mass is 16.6. The van der Waals surface area contributed by atoms with Gasteiger partial charge in [-0.3, -0.25) is 4.79 Å². The molecule has 0 aromatic carbocycles. The maximum atomic E-state index is 12.0. The van der Waals surface area contributed by atoms with Crippen molar-refractivity contribution in [2.24, 2.45) is 4.99 Å². The predicted octanol–water partition coefficient (Wildman–Crippen LogP) is 0.0342. The Hall–Kier alpha value is -2.84. The molecule has 2 aliphatic heterocycles. The maximum Gasteiger partial charge on any atom is 0.277 e. The molecule has 1 fully saturated rings. The van der Waals surface area contributed by atoms with Gasteiger partial charge in [-0.15, -0.1) is 0 Å². The summed E-state index contributed by atoms with van der Waals surface area (Å²) in [5, 5.41) is 34.1. The normalized spacial score (nSPS) is 29.6. The minimum Gasteiger partial charge on any atom is -0.394 e. The Morgan fingerprint density at radius 2 is 2.31 bits per heavy atom. The van der Waals surface area contributed by atoms with Crippen LogP contribution in [0.2, 0.25) is 0 Å². The first-order valence-corrected chi connectivity index (χ1v) is 7.81. The zero-order valence-electron chi connectivity index (χ0n) is 13.6. The molecule has 10 heteroatoms. The Labute approximate surface area is 146 Å². The zero-order valence-corrected chi connectivity index (χ0v) is 13.6. The van der Waals surface area contributed by atoms with Gasteiger partial charge in [0.25, 0.3) is 11.2 Å². The third kappa shape index (κ3) is 2.16. The summed E-state index contributed by atoms with van der Waals surface area (Å²) in [6.45, 7) is 8.10. The third-order valence-corrected chi connectivity index (χ3v) is 4.69. The third-order valence-electron chi connectivity index (χ3n) is 4.69. The Morgan fingerprint density at radius 3 is 2.96 bits per heavy atom. The Balaban J connectivity index is 1.98. The van der Waals surface area contributed by atoms with E-state index in [9.17, 15) is 20.1 Å². The first-order chi connectivity index (χ1) is 12.4. The molecule has 4 N–H and O–H groups in total. The van der Waals surface area contributed by atoms with Gasteiger partial charge in [-0.2, -0.15) is 0 Å². The lowest BCUT2D eigenvalue weighted by molar-refractivity contribution is -0.0955. The van der Waals surface area contributed by atoms with Crippen LogP contribution in [0.25, 0.3) is 15.6 Å². The number of ether oxygens (including phenoxy) is 1. The molecule has 26 heavy (non-hydrogen) atoms. The van der Waals surface area contributed by atoms with Crippen LogP contribution in [0.1, 0.15) is 13.2 Å². The molecule has 10 nitrogen and oxygen atoms in total. The molecule has 2 aromatic heterocycles. The van der Waals surface area contributed by atoms with Crippen LogP contribution >= 0.6 is 0 Å². The van der Waals surface area contributed by atoms with Crippen LogP contribution < -0.4 is 10.9 Å². The van der Waals surface area contributed by atoms with Gasteiger partial charge in [0.2, 0.25) is 0 Å². The van der Waals surface area contributed by atoms with Gasteiger partial charge in [0, 0.05) is 6.20 Å². The van der Waals surface area contributed by atoms with E-state index < -0.39 is 36.2 Å². The van der Waals surface area contributed by atoms with Crippen molar-refractivity contribution in [3.05, 3.63) is 34.0 Å². The van der Waals surface area contributed by atoms with Crippen molar-refractivity contribution in [3.8, 4) is 0 Å². The van der Waals surface area contributed by atoms with E-state index in [4.69, 9.17) is 11.3 Å². The molecule has 2 aliphatic rings. The largest absolute Gasteiger partial charge is 0.394 e. The summed E-state index contributed by atoms with van der Waals surface area (Å²) in [4.78, 5) is 23.4. The van der Waals surface area contributed by atoms with Crippen LogP contribution in [0.4, 0.5) is 17.3 Å². The number of rotatable bonds is 2. The van der Waals surface area contributed by atoms with Crippen molar-refractivity contribution >= 4 is 34.4 Å². The Kier molecular flexibility index (Phi) is 3.57. The van der Waals surface area contributed by atoms with Gasteiger partial charge >= 0.3 is 0 Å². The fraction of sp³-hybridized carbons (Fsp3) is 0.375. The Bertz CT molecular complexity index is 1040. The van der Waals surface area contributed by atoms with Crippen molar-refractivity contribution < 1.29 is 20.1 Å². The smallest absolute Gasteiger partial charge is 0.277 e.